The lowest BCUT2D eigenvalue weighted by Gasteiger charge is -2.18. The van der Waals surface area contributed by atoms with Crippen LogP contribution in [0, 0.1) is 0 Å². The normalized spacial score (nSPS) is 11.3. The number of amides is 1. The number of rotatable bonds is 7. The number of esters is 1. The Hall–Kier alpha value is -3.73. The van der Waals surface area contributed by atoms with Crippen LogP contribution in [0.1, 0.15) is 15.9 Å². The fraction of sp³-hybridized carbons (Fsp3) is 0.125. The fourth-order valence-corrected chi connectivity index (χ4v) is 3.09. The second-order valence-electron chi connectivity index (χ2n) is 6.48. The number of nitrogens with one attached hydrogen (secondary N) is 1. The highest BCUT2D eigenvalue weighted by atomic mass is 16.5. The molecule has 0 radical (unpaired) electrons. The lowest BCUT2D eigenvalue weighted by molar-refractivity contribution is -0.152. The molecule has 0 aromatic heterocycles. The molecule has 1 unspecified atom stereocenters. The van der Waals surface area contributed by atoms with Gasteiger partial charge in [-0.3, -0.25) is 9.59 Å². The first kappa shape index (κ1) is 20.0. The summed E-state index contributed by atoms with van der Waals surface area (Å²) in [6, 6.07) is 24.8. The first-order valence-electron chi connectivity index (χ1n) is 9.21. The van der Waals surface area contributed by atoms with Gasteiger partial charge in [-0.15, -0.1) is 0 Å². The molecule has 29 heavy (non-hydrogen) atoms. The Labute approximate surface area is 169 Å². The molecular weight excluding hydrogens is 366 g/mol. The zero-order chi connectivity index (χ0) is 20.6. The van der Waals surface area contributed by atoms with Gasteiger partial charge in [-0.1, -0.05) is 78.9 Å². The van der Waals surface area contributed by atoms with Gasteiger partial charge in [0.2, 0.25) is 0 Å². The van der Waals surface area contributed by atoms with E-state index in [1.165, 1.54) is 0 Å². The monoisotopic (exact) mass is 387 g/mol. The molecule has 3 aromatic carbocycles. The average Bonchev–Trinajstić information content (AvgIpc) is 2.78. The summed E-state index contributed by atoms with van der Waals surface area (Å²) in [5.74, 6) is -2.20. The number of ketones is 1. The highest BCUT2D eigenvalue weighted by Gasteiger charge is 2.28. The van der Waals surface area contributed by atoms with Crippen LogP contribution in [0.5, 0.6) is 0 Å². The van der Waals surface area contributed by atoms with E-state index in [0.717, 1.165) is 23.8 Å². The smallest absolute Gasteiger partial charge is 0.376 e. The van der Waals surface area contributed by atoms with Gasteiger partial charge in [-0.25, -0.2) is 4.79 Å². The van der Waals surface area contributed by atoms with Crippen LogP contribution in [-0.4, -0.2) is 30.8 Å². The van der Waals surface area contributed by atoms with Crippen molar-refractivity contribution in [1.29, 1.82) is 0 Å². The van der Waals surface area contributed by atoms with Crippen LogP contribution in [0.4, 0.5) is 0 Å². The average molecular weight is 387 g/mol. The van der Waals surface area contributed by atoms with E-state index < -0.39 is 23.7 Å². The van der Waals surface area contributed by atoms with Crippen LogP contribution < -0.4 is 5.32 Å². The van der Waals surface area contributed by atoms with E-state index in [4.69, 9.17) is 0 Å². The summed E-state index contributed by atoms with van der Waals surface area (Å²) in [6.45, 7) is 0. The highest BCUT2D eigenvalue weighted by Crippen LogP contribution is 2.23. The first-order chi connectivity index (χ1) is 14.1. The minimum Gasteiger partial charge on any atom is -0.463 e. The van der Waals surface area contributed by atoms with Crippen molar-refractivity contribution >= 4 is 17.7 Å². The summed E-state index contributed by atoms with van der Waals surface area (Å²) < 4.78 is 4.57. The van der Waals surface area contributed by atoms with Crippen molar-refractivity contribution in [3.63, 3.8) is 0 Å². The van der Waals surface area contributed by atoms with Gasteiger partial charge in [0, 0.05) is 12.0 Å². The Bertz CT molecular complexity index is 1000. The summed E-state index contributed by atoms with van der Waals surface area (Å²) >= 11 is 0. The van der Waals surface area contributed by atoms with E-state index in [1.807, 2.05) is 72.8 Å². The lowest BCUT2D eigenvalue weighted by atomic mass is 9.97. The van der Waals surface area contributed by atoms with Crippen molar-refractivity contribution in [3.8, 4) is 11.1 Å². The van der Waals surface area contributed by atoms with Crippen LogP contribution in [0.15, 0.2) is 84.9 Å². The van der Waals surface area contributed by atoms with Crippen LogP contribution in [-0.2, 0) is 20.7 Å². The third-order valence-electron chi connectivity index (χ3n) is 4.55. The number of hydrogen-bond acceptors (Lipinski definition) is 4. The molecule has 0 spiro atoms. The first-order valence-corrected chi connectivity index (χ1v) is 9.21. The van der Waals surface area contributed by atoms with Crippen molar-refractivity contribution in [2.24, 2.45) is 0 Å². The molecule has 5 nitrogen and oxygen atoms in total. The molecule has 0 fully saturated rings. The molecule has 3 aromatic rings. The molecule has 1 atom stereocenters. The number of hydrogen-bond donors (Lipinski definition) is 1. The maximum absolute atomic E-state index is 13.0. The van der Waals surface area contributed by atoms with Crippen LogP contribution in [0.2, 0.25) is 0 Å². The Morgan fingerprint density at radius 1 is 0.828 bits per heavy atom. The van der Waals surface area contributed by atoms with E-state index in [0.29, 0.717) is 5.56 Å². The van der Waals surface area contributed by atoms with Crippen molar-refractivity contribution < 1.29 is 19.1 Å². The summed E-state index contributed by atoms with van der Waals surface area (Å²) in [7, 11) is 1.15. The van der Waals surface area contributed by atoms with E-state index >= 15 is 0 Å². The summed E-state index contributed by atoms with van der Waals surface area (Å²) in [6.07, 6.45) is 0.189. The molecular formula is C24H21NO4. The van der Waals surface area contributed by atoms with Gasteiger partial charge in [0.1, 0.15) is 6.04 Å². The Balaban J connectivity index is 1.89. The SMILES string of the molecule is COC(=O)C(=O)C(Cc1ccccc1)NC(=O)c1ccccc1-c1ccccc1. The third kappa shape index (κ3) is 4.96. The van der Waals surface area contributed by atoms with Crippen LogP contribution in [0.3, 0.4) is 0 Å². The van der Waals surface area contributed by atoms with E-state index in [2.05, 4.69) is 10.1 Å². The number of Topliss-reactive ketones (excluding diaryl/α,β-unsaturated/α-hetero) is 1. The third-order valence-corrected chi connectivity index (χ3v) is 4.55. The molecule has 5 heteroatoms. The molecule has 1 N–H and O–H groups in total. The summed E-state index contributed by atoms with van der Waals surface area (Å²) in [5.41, 5.74) is 2.88. The number of benzene rings is 3. The van der Waals surface area contributed by atoms with Crippen molar-refractivity contribution in [1.82, 2.24) is 5.32 Å². The Morgan fingerprint density at radius 2 is 1.41 bits per heavy atom. The fourth-order valence-electron chi connectivity index (χ4n) is 3.09. The Morgan fingerprint density at radius 3 is 2.07 bits per heavy atom. The van der Waals surface area contributed by atoms with Crippen molar-refractivity contribution in [2.45, 2.75) is 12.5 Å². The molecule has 146 valence electrons. The topological polar surface area (TPSA) is 72.5 Å². The van der Waals surface area contributed by atoms with Crippen molar-refractivity contribution in [3.05, 3.63) is 96.1 Å². The quantitative estimate of drug-likeness (QED) is 0.498. The number of carbonyl (C=O) groups is 3. The zero-order valence-corrected chi connectivity index (χ0v) is 16.0. The van der Waals surface area contributed by atoms with E-state index in [9.17, 15) is 14.4 Å². The lowest BCUT2D eigenvalue weighted by Crippen LogP contribution is -2.45. The minimum absolute atomic E-state index is 0.189. The minimum atomic E-state index is -1.03. The van der Waals surface area contributed by atoms with Crippen molar-refractivity contribution in [2.75, 3.05) is 7.11 Å². The van der Waals surface area contributed by atoms with Gasteiger partial charge in [-0.05, 0) is 22.8 Å². The largest absolute Gasteiger partial charge is 0.463 e. The molecule has 0 heterocycles. The maximum atomic E-state index is 13.0. The highest BCUT2D eigenvalue weighted by molar-refractivity contribution is 6.36. The van der Waals surface area contributed by atoms with E-state index in [-0.39, 0.29) is 6.42 Å². The second kappa shape index (κ2) is 9.46. The second-order valence-corrected chi connectivity index (χ2v) is 6.48. The molecule has 0 aliphatic rings. The van der Waals surface area contributed by atoms with E-state index in [1.54, 1.807) is 12.1 Å². The standard InChI is InChI=1S/C24H21NO4/c1-29-24(28)22(26)21(16-17-10-4-2-5-11-17)25-23(27)20-15-9-8-14-19(20)18-12-6-3-7-13-18/h2-15,21H,16H2,1H3,(H,25,27). The summed E-state index contributed by atoms with van der Waals surface area (Å²) in [5, 5.41) is 2.72. The molecule has 0 saturated carbocycles. The number of carbonyl (C=O) groups excluding carboxylic acids is 3. The molecule has 1 amide bonds. The maximum Gasteiger partial charge on any atom is 0.376 e. The number of methoxy groups -OCH3 is 1. The molecule has 3 rings (SSSR count). The number of ether oxygens (including phenoxy) is 1. The zero-order valence-electron chi connectivity index (χ0n) is 16.0. The van der Waals surface area contributed by atoms with Gasteiger partial charge in [-0.2, -0.15) is 0 Å². The molecule has 0 aliphatic heterocycles. The van der Waals surface area contributed by atoms with Gasteiger partial charge < -0.3 is 10.1 Å². The van der Waals surface area contributed by atoms with Gasteiger partial charge in [0.15, 0.2) is 0 Å². The van der Waals surface area contributed by atoms with Gasteiger partial charge in [0.05, 0.1) is 7.11 Å². The molecule has 0 bridgehead atoms. The predicted molar refractivity (Wildman–Crippen MR) is 110 cm³/mol. The summed E-state index contributed by atoms with van der Waals surface area (Å²) in [4.78, 5) is 37.4. The molecule has 0 aliphatic carbocycles. The van der Waals surface area contributed by atoms with Crippen LogP contribution >= 0.6 is 0 Å². The van der Waals surface area contributed by atoms with Crippen LogP contribution in [0.25, 0.3) is 11.1 Å². The van der Waals surface area contributed by atoms with Gasteiger partial charge >= 0.3 is 5.97 Å². The van der Waals surface area contributed by atoms with Gasteiger partial charge in [0.25, 0.3) is 11.7 Å². The molecule has 0 saturated heterocycles. The Kier molecular flexibility index (Phi) is 6.53. The predicted octanol–water partition coefficient (Wildman–Crippen LogP) is 3.44.